The number of nitrogens with zero attached hydrogens (tertiary/aromatic N) is 1. The maximum Gasteiger partial charge on any atom is 0.231 e. The van der Waals surface area contributed by atoms with Crippen LogP contribution in [0.5, 0.6) is 0 Å². The molecule has 0 radical (unpaired) electrons. The van der Waals surface area contributed by atoms with Crippen LogP contribution < -0.4 is 5.32 Å². The predicted molar refractivity (Wildman–Crippen MR) is 74.1 cm³/mol. The summed E-state index contributed by atoms with van der Waals surface area (Å²) < 4.78 is 13.4. The van der Waals surface area contributed by atoms with Crippen molar-refractivity contribution in [1.29, 1.82) is 5.26 Å². The molecule has 0 saturated heterocycles. The van der Waals surface area contributed by atoms with Crippen molar-refractivity contribution in [2.75, 3.05) is 5.75 Å². The second-order valence-electron chi connectivity index (χ2n) is 4.74. The van der Waals surface area contributed by atoms with Gasteiger partial charge in [0.1, 0.15) is 11.4 Å². The van der Waals surface area contributed by atoms with Crippen molar-refractivity contribution in [3.8, 4) is 6.07 Å². The molecule has 0 heterocycles. The van der Waals surface area contributed by atoms with Crippen LogP contribution in [0.4, 0.5) is 4.39 Å². The van der Waals surface area contributed by atoms with Crippen LogP contribution in [0.25, 0.3) is 0 Å². The zero-order chi connectivity index (χ0) is 14.5. The molecule has 0 aliphatic carbocycles. The molecular weight excluding hydrogens is 263 g/mol. The van der Waals surface area contributed by atoms with E-state index in [1.54, 1.807) is 25.1 Å². The second kappa shape index (κ2) is 6.58. The van der Waals surface area contributed by atoms with E-state index in [1.165, 1.54) is 6.07 Å². The van der Waals surface area contributed by atoms with Crippen molar-refractivity contribution >= 4 is 17.7 Å². The van der Waals surface area contributed by atoms with E-state index in [4.69, 9.17) is 5.26 Å². The molecule has 0 spiro atoms. The molecule has 0 aliphatic heterocycles. The maximum atomic E-state index is 13.4. The van der Waals surface area contributed by atoms with Crippen LogP contribution >= 0.6 is 11.8 Å². The van der Waals surface area contributed by atoms with Gasteiger partial charge in [0, 0.05) is 4.90 Å². The third kappa shape index (κ3) is 4.25. The van der Waals surface area contributed by atoms with Crippen molar-refractivity contribution in [3.05, 3.63) is 30.1 Å². The maximum absolute atomic E-state index is 13.4. The SMILES string of the molecule is CC(C)[C@](C)(C#N)NC(=O)CSc1ccccc1F. The fraction of sp³-hybridized carbons (Fsp3) is 0.429. The Morgan fingerprint density at radius 3 is 2.68 bits per heavy atom. The van der Waals surface area contributed by atoms with Crippen LogP contribution in [-0.2, 0) is 4.79 Å². The summed E-state index contributed by atoms with van der Waals surface area (Å²) in [6.45, 7) is 5.42. The number of nitriles is 1. The highest BCUT2D eigenvalue weighted by molar-refractivity contribution is 8.00. The van der Waals surface area contributed by atoms with E-state index in [-0.39, 0.29) is 23.4 Å². The van der Waals surface area contributed by atoms with Gasteiger partial charge in [-0.05, 0) is 25.0 Å². The fourth-order valence-electron chi connectivity index (χ4n) is 1.33. The van der Waals surface area contributed by atoms with Crippen LogP contribution in [0.3, 0.4) is 0 Å². The van der Waals surface area contributed by atoms with Gasteiger partial charge in [0.05, 0.1) is 11.8 Å². The van der Waals surface area contributed by atoms with E-state index < -0.39 is 5.54 Å². The van der Waals surface area contributed by atoms with Gasteiger partial charge >= 0.3 is 0 Å². The molecule has 3 nitrogen and oxygen atoms in total. The Bertz CT molecular complexity index is 498. The first-order valence-electron chi connectivity index (χ1n) is 5.98. The van der Waals surface area contributed by atoms with Gasteiger partial charge < -0.3 is 5.32 Å². The molecular formula is C14H17FN2OS. The minimum absolute atomic E-state index is 0.0000820. The van der Waals surface area contributed by atoms with Crippen molar-refractivity contribution in [2.45, 2.75) is 31.2 Å². The fourth-order valence-corrected chi connectivity index (χ4v) is 2.07. The number of thioether (sulfide) groups is 1. The molecule has 19 heavy (non-hydrogen) atoms. The van der Waals surface area contributed by atoms with Crippen molar-refractivity contribution < 1.29 is 9.18 Å². The van der Waals surface area contributed by atoms with E-state index in [2.05, 4.69) is 11.4 Å². The van der Waals surface area contributed by atoms with Crippen LogP contribution in [0.15, 0.2) is 29.2 Å². The lowest BCUT2D eigenvalue weighted by Crippen LogP contribution is -2.49. The van der Waals surface area contributed by atoms with Gasteiger partial charge in [-0.3, -0.25) is 4.79 Å². The number of benzene rings is 1. The first-order chi connectivity index (χ1) is 8.89. The Labute approximate surface area is 117 Å². The molecule has 0 unspecified atom stereocenters. The lowest BCUT2D eigenvalue weighted by molar-refractivity contribution is -0.120. The Hall–Kier alpha value is -1.54. The number of nitrogens with one attached hydrogen (secondary N) is 1. The largest absolute Gasteiger partial charge is 0.337 e. The highest BCUT2D eigenvalue weighted by Gasteiger charge is 2.29. The summed E-state index contributed by atoms with van der Waals surface area (Å²) in [5.74, 6) is -0.525. The number of halogens is 1. The smallest absolute Gasteiger partial charge is 0.231 e. The quantitative estimate of drug-likeness (QED) is 0.844. The molecule has 1 N–H and O–H groups in total. The summed E-state index contributed by atoms with van der Waals surface area (Å²) in [5, 5.41) is 11.8. The molecule has 1 rings (SSSR count). The average Bonchev–Trinajstić information content (AvgIpc) is 2.37. The standard InChI is InChI=1S/C14H17FN2OS/c1-10(2)14(3,9-16)17-13(18)8-19-12-7-5-4-6-11(12)15/h4-7,10H,8H2,1-3H3,(H,17,18)/t14-/m0/s1. The normalized spacial score (nSPS) is 13.7. The molecule has 0 bridgehead atoms. The van der Waals surface area contributed by atoms with Crippen molar-refractivity contribution in [1.82, 2.24) is 5.32 Å². The lowest BCUT2D eigenvalue weighted by atomic mass is 9.90. The molecule has 0 fully saturated rings. The third-order valence-corrected chi connectivity index (χ3v) is 4.03. The first kappa shape index (κ1) is 15.5. The number of hydrogen-bond acceptors (Lipinski definition) is 3. The number of rotatable bonds is 5. The monoisotopic (exact) mass is 280 g/mol. The summed E-state index contributed by atoms with van der Waals surface area (Å²) in [7, 11) is 0. The lowest BCUT2D eigenvalue weighted by Gasteiger charge is -2.27. The molecule has 1 amide bonds. The predicted octanol–water partition coefficient (Wildman–Crippen LogP) is 2.97. The van der Waals surface area contributed by atoms with Crippen LogP contribution in [0, 0.1) is 23.1 Å². The molecule has 5 heteroatoms. The topological polar surface area (TPSA) is 52.9 Å². The summed E-state index contributed by atoms with van der Waals surface area (Å²) in [6, 6.07) is 8.40. The minimum atomic E-state index is -0.896. The van der Waals surface area contributed by atoms with E-state index in [9.17, 15) is 9.18 Å². The van der Waals surface area contributed by atoms with Gasteiger partial charge in [-0.2, -0.15) is 5.26 Å². The second-order valence-corrected chi connectivity index (χ2v) is 5.75. The van der Waals surface area contributed by atoms with E-state index in [1.807, 2.05) is 13.8 Å². The number of hydrogen-bond donors (Lipinski definition) is 1. The van der Waals surface area contributed by atoms with Crippen LogP contribution in [0.1, 0.15) is 20.8 Å². The van der Waals surface area contributed by atoms with Gasteiger partial charge in [-0.25, -0.2) is 4.39 Å². The Morgan fingerprint density at radius 1 is 1.53 bits per heavy atom. The van der Waals surface area contributed by atoms with Gasteiger partial charge in [0.15, 0.2) is 0 Å². The Balaban J connectivity index is 2.58. The summed E-state index contributed by atoms with van der Waals surface area (Å²) in [4.78, 5) is 12.2. The van der Waals surface area contributed by atoms with E-state index in [0.717, 1.165) is 11.8 Å². The average molecular weight is 280 g/mol. The van der Waals surface area contributed by atoms with Crippen LogP contribution in [0.2, 0.25) is 0 Å². The zero-order valence-corrected chi connectivity index (χ0v) is 12.1. The highest BCUT2D eigenvalue weighted by Crippen LogP contribution is 2.21. The Kier molecular flexibility index (Phi) is 5.37. The molecule has 1 atom stereocenters. The summed E-state index contributed by atoms with van der Waals surface area (Å²) in [5.41, 5.74) is -0.896. The van der Waals surface area contributed by atoms with Gasteiger partial charge in [0.2, 0.25) is 5.91 Å². The number of carbonyl (C=O) groups is 1. The van der Waals surface area contributed by atoms with E-state index in [0.29, 0.717) is 4.90 Å². The molecule has 1 aromatic carbocycles. The van der Waals surface area contributed by atoms with Gasteiger partial charge in [-0.1, -0.05) is 26.0 Å². The molecule has 1 aromatic rings. The van der Waals surface area contributed by atoms with Gasteiger partial charge in [0.25, 0.3) is 0 Å². The third-order valence-electron chi connectivity index (χ3n) is 2.98. The van der Waals surface area contributed by atoms with Crippen LogP contribution in [-0.4, -0.2) is 17.2 Å². The summed E-state index contributed by atoms with van der Waals surface area (Å²) >= 11 is 1.12. The molecule has 0 aromatic heterocycles. The van der Waals surface area contributed by atoms with E-state index >= 15 is 0 Å². The molecule has 0 aliphatic rings. The number of carbonyl (C=O) groups excluding carboxylic acids is 1. The zero-order valence-electron chi connectivity index (χ0n) is 11.2. The van der Waals surface area contributed by atoms with Crippen molar-refractivity contribution in [3.63, 3.8) is 0 Å². The van der Waals surface area contributed by atoms with Crippen molar-refractivity contribution in [2.24, 2.45) is 5.92 Å². The first-order valence-corrected chi connectivity index (χ1v) is 6.97. The Morgan fingerprint density at radius 2 is 2.16 bits per heavy atom. The highest BCUT2D eigenvalue weighted by atomic mass is 32.2. The minimum Gasteiger partial charge on any atom is -0.337 e. The van der Waals surface area contributed by atoms with Gasteiger partial charge in [-0.15, -0.1) is 11.8 Å². The molecule has 102 valence electrons. The molecule has 0 saturated carbocycles. The summed E-state index contributed by atoms with van der Waals surface area (Å²) in [6.07, 6.45) is 0. The number of amides is 1.